The van der Waals surface area contributed by atoms with Crippen LogP contribution >= 0.6 is 0 Å². The van der Waals surface area contributed by atoms with Crippen LogP contribution in [-0.4, -0.2) is 41.5 Å². The minimum absolute atomic E-state index is 0.0907. The van der Waals surface area contributed by atoms with E-state index in [1.54, 1.807) is 4.90 Å². The van der Waals surface area contributed by atoms with Crippen LogP contribution in [0.1, 0.15) is 38.5 Å². The van der Waals surface area contributed by atoms with E-state index < -0.39 is 5.97 Å². The molecule has 1 fully saturated rings. The Morgan fingerprint density at radius 2 is 2.06 bits per heavy atom. The van der Waals surface area contributed by atoms with Crippen molar-refractivity contribution in [2.24, 2.45) is 11.7 Å². The van der Waals surface area contributed by atoms with Crippen molar-refractivity contribution >= 4 is 11.9 Å². The molecule has 1 amide bonds. The SMILES string of the molecule is NCCCCCC(=O)N1CCC[C@H](C(=O)O)C1. The highest BCUT2D eigenvalue weighted by Gasteiger charge is 2.27. The minimum Gasteiger partial charge on any atom is -0.481 e. The molecular formula is C12H22N2O3. The van der Waals surface area contributed by atoms with Crippen LogP contribution < -0.4 is 5.73 Å². The van der Waals surface area contributed by atoms with Gasteiger partial charge in [0.25, 0.3) is 0 Å². The molecule has 0 aromatic carbocycles. The van der Waals surface area contributed by atoms with E-state index in [9.17, 15) is 9.59 Å². The van der Waals surface area contributed by atoms with Crippen molar-refractivity contribution in [3.05, 3.63) is 0 Å². The number of carbonyl (C=O) groups is 2. The lowest BCUT2D eigenvalue weighted by molar-refractivity contribution is -0.145. The van der Waals surface area contributed by atoms with Gasteiger partial charge in [0, 0.05) is 19.5 Å². The highest BCUT2D eigenvalue weighted by atomic mass is 16.4. The van der Waals surface area contributed by atoms with Crippen molar-refractivity contribution in [3.63, 3.8) is 0 Å². The average molecular weight is 242 g/mol. The van der Waals surface area contributed by atoms with Gasteiger partial charge < -0.3 is 15.7 Å². The zero-order valence-corrected chi connectivity index (χ0v) is 10.2. The van der Waals surface area contributed by atoms with Crippen LogP contribution in [0.3, 0.4) is 0 Å². The van der Waals surface area contributed by atoms with Crippen molar-refractivity contribution in [1.29, 1.82) is 0 Å². The second kappa shape index (κ2) is 7.27. The van der Waals surface area contributed by atoms with E-state index in [0.29, 0.717) is 32.5 Å². The first-order valence-corrected chi connectivity index (χ1v) is 6.35. The molecular weight excluding hydrogens is 220 g/mol. The standard InChI is InChI=1S/C12H22N2O3/c13-7-3-1-2-6-11(15)14-8-4-5-10(9-14)12(16)17/h10H,1-9,13H2,(H,16,17)/t10-/m0/s1. The zero-order chi connectivity index (χ0) is 12.7. The molecule has 1 atom stereocenters. The number of hydrogen-bond donors (Lipinski definition) is 2. The summed E-state index contributed by atoms with van der Waals surface area (Å²) in [4.78, 5) is 24.4. The molecule has 1 rings (SSSR count). The first-order valence-electron chi connectivity index (χ1n) is 6.35. The number of hydrogen-bond acceptors (Lipinski definition) is 3. The second-order valence-electron chi connectivity index (χ2n) is 4.62. The van der Waals surface area contributed by atoms with Crippen LogP contribution in [0.2, 0.25) is 0 Å². The Labute approximate surface area is 102 Å². The Balaban J connectivity index is 2.28. The summed E-state index contributed by atoms with van der Waals surface area (Å²) in [6, 6.07) is 0. The fraction of sp³-hybridized carbons (Fsp3) is 0.833. The molecule has 0 bridgehead atoms. The average Bonchev–Trinajstić information content (AvgIpc) is 2.34. The predicted molar refractivity (Wildman–Crippen MR) is 64.5 cm³/mol. The van der Waals surface area contributed by atoms with Crippen LogP contribution in [0.15, 0.2) is 0 Å². The molecule has 0 spiro atoms. The maximum atomic E-state index is 11.8. The Morgan fingerprint density at radius 3 is 2.71 bits per heavy atom. The van der Waals surface area contributed by atoms with Crippen molar-refractivity contribution in [2.75, 3.05) is 19.6 Å². The molecule has 1 aliphatic rings. The molecule has 0 aliphatic carbocycles. The third kappa shape index (κ3) is 4.73. The number of carboxylic acids is 1. The van der Waals surface area contributed by atoms with Crippen LogP contribution in [0.5, 0.6) is 0 Å². The number of carboxylic acid groups (broad SMARTS) is 1. The van der Waals surface area contributed by atoms with Crippen molar-refractivity contribution in [1.82, 2.24) is 4.90 Å². The lowest BCUT2D eigenvalue weighted by Crippen LogP contribution is -2.42. The molecule has 5 heteroatoms. The molecule has 1 saturated heterocycles. The molecule has 0 aromatic heterocycles. The molecule has 5 nitrogen and oxygen atoms in total. The third-order valence-electron chi connectivity index (χ3n) is 3.22. The largest absolute Gasteiger partial charge is 0.481 e. The normalized spacial score (nSPS) is 20.3. The van der Waals surface area contributed by atoms with Crippen LogP contribution in [0.4, 0.5) is 0 Å². The Bertz CT molecular complexity index is 268. The topological polar surface area (TPSA) is 83.6 Å². The molecule has 1 heterocycles. The first-order chi connectivity index (χ1) is 8.15. The molecule has 0 aromatic rings. The number of nitrogens with two attached hydrogens (primary N) is 1. The summed E-state index contributed by atoms with van der Waals surface area (Å²) in [7, 11) is 0. The Hall–Kier alpha value is -1.10. The van der Waals surface area contributed by atoms with E-state index in [1.807, 2.05) is 0 Å². The minimum atomic E-state index is -0.786. The number of aliphatic carboxylic acids is 1. The van der Waals surface area contributed by atoms with Gasteiger partial charge in [0.15, 0.2) is 0 Å². The van der Waals surface area contributed by atoms with Crippen molar-refractivity contribution < 1.29 is 14.7 Å². The number of carbonyl (C=O) groups excluding carboxylic acids is 1. The number of piperidine rings is 1. The van der Waals surface area contributed by atoms with Gasteiger partial charge in [-0.2, -0.15) is 0 Å². The van der Waals surface area contributed by atoms with E-state index >= 15 is 0 Å². The number of nitrogens with zero attached hydrogens (tertiary/aromatic N) is 1. The Kier molecular flexibility index (Phi) is 5.97. The summed E-state index contributed by atoms with van der Waals surface area (Å²) in [5.41, 5.74) is 5.38. The van der Waals surface area contributed by atoms with Gasteiger partial charge in [0.05, 0.1) is 5.92 Å². The highest BCUT2D eigenvalue weighted by molar-refractivity contribution is 5.78. The van der Waals surface area contributed by atoms with Gasteiger partial charge in [-0.3, -0.25) is 9.59 Å². The van der Waals surface area contributed by atoms with Gasteiger partial charge in [-0.05, 0) is 32.2 Å². The summed E-state index contributed by atoms with van der Waals surface area (Å²) >= 11 is 0. The molecule has 0 radical (unpaired) electrons. The Morgan fingerprint density at radius 1 is 1.29 bits per heavy atom. The van der Waals surface area contributed by atoms with Gasteiger partial charge in [-0.1, -0.05) is 6.42 Å². The molecule has 0 saturated carbocycles. The van der Waals surface area contributed by atoms with E-state index in [0.717, 1.165) is 25.7 Å². The van der Waals surface area contributed by atoms with E-state index in [1.165, 1.54) is 0 Å². The quantitative estimate of drug-likeness (QED) is 0.676. The molecule has 1 aliphatic heterocycles. The lowest BCUT2D eigenvalue weighted by atomic mass is 9.98. The summed E-state index contributed by atoms with van der Waals surface area (Å²) in [6.07, 6.45) is 4.78. The molecule has 17 heavy (non-hydrogen) atoms. The van der Waals surface area contributed by atoms with Gasteiger partial charge in [-0.25, -0.2) is 0 Å². The molecule has 0 unspecified atom stereocenters. The summed E-state index contributed by atoms with van der Waals surface area (Å²) in [5.74, 6) is -1.07. The van der Waals surface area contributed by atoms with Crippen LogP contribution in [0.25, 0.3) is 0 Å². The number of unbranched alkanes of at least 4 members (excludes halogenated alkanes) is 2. The fourth-order valence-electron chi connectivity index (χ4n) is 2.16. The predicted octanol–water partition coefficient (Wildman–Crippen LogP) is 0.829. The molecule has 98 valence electrons. The van der Waals surface area contributed by atoms with E-state index in [-0.39, 0.29) is 11.8 Å². The van der Waals surface area contributed by atoms with Gasteiger partial charge in [0.2, 0.25) is 5.91 Å². The van der Waals surface area contributed by atoms with Crippen molar-refractivity contribution in [3.8, 4) is 0 Å². The lowest BCUT2D eigenvalue weighted by Gasteiger charge is -2.30. The summed E-state index contributed by atoms with van der Waals surface area (Å²) in [5, 5.41) is 8.93. The van der Waals surface area contributed by atoms with Gasteiger partial charge in [0.1, 0.15) is 0 Å². The van der Waals surface area contributed by atoms with Gasteiger partial charge >= 0.3 is 5.97 Å². The van der Waals surface area contributed by atoms with E-state index in [4.69, 9.17) is 10.8 Å². The van der Waals surface area contributed by atoms with Crippen LogP contribution in [0, 0.1) is 5.92 Å². The summed E-state index contributed by atoms with van der Waals surface area (Å²) < 4.78 is 0. The maximum absolute atomic E-state index is 11.8. The zero-order valence-electron chi connectivity index (χ0n) is 10.2. The first kappa shape index (κ1) is 14.0. The number of likely N-dealkylation sites (tertiary alicyclic amines) is 1. The van der Waals surface area contributed by atoms with E-state index in [2.05, 4.69) is 0 Å². The third-order valence-corrected chi connectivity index (χ3v) is 3.22. The second-order valence-corrected chi connectivity index (χ2v) is 4.62. The fourth-order valence-corrected chi connectivity index (χ4v) is 2.16. The number of amides is 1. The summed E-state index contributed by atoms with van der Waals surface area (Å²) in [6.45, 7) is 1.75. The number of rotatable bonds is 6. The highest BCUT2D eigenvalue weighted by Crippen LogP contribution is 2.17. The van der Waals surface area contributed by atoms with Crippen molar-refractivity contribution in [2.45, 2.75) is 38.5 Å². The maximum Gasteiger partial charge on any atom is 0.308 e. The smallest absolute Gasteiger partial charge is 0.308 e. The molecule has 3 N–H and O–H groups in total. The monoisotopic (exact) mass is 242 g/mol. The van der Waals surface area contributed by atoms with Gasteiger partial charge in [-0.15, -0.1) is 0 Å². The van der Waals surface area contributed by atoms with Crippen LogP contribution in [-0.2, 0) is 9.59 Å².